The summed E-state index contributed by atoms with van der Waals surface area (Å²) in [4.78, 5) is 12.7. The molecule has 4 heteroatoms. The van der Waals surface area contributed by atoms with Crippen LogP contribution in [0.1, 0.15) is 12.0 Å². The number of methoxy groups -OCH3 is 1. The highest BCUT2D eigenvalue weighted by Crippen LogP contribution is 2.02. The summed E-state index contributed by atoms with van der Waals surface area (Å²) in [5, 5.41) is 8.72. The van der Waals surface area contributed by atoms with Gasteiger partial charge in [0.15, 0.2) is 0 Å². The van der Waals surface area contributed by atoms with Crippen molar-refractivity contribution in [3.8, 4) is 0 Å². The molecule has 0 fully saturated rings. The lowest BCUT2D eigenvalue weighted by molar-refractivity contribution is -0.137. The Bertz CT molecular complexity index is 340. The monoisotopic (exact) mass is 251 g/mol. The smallest absolute Gasteiger partial charge is 0.304 e. The molecule has 0 spiro atoms. The van der Waals surface area contributed by atoms with Gasteiger partial charge in [0.05, 0.1) is 13.0 Å². The molecule has 0 saturated heterocycles. The number of hydrogen-bond acceptors (Lipinski definition) is 3. The zero-order chi connectivity index (χ0) is 13.2. The molecular formula is C14H21NO3. The molecule has 18 heavy (non-hydrogen) atoms. The molecule has 0 atom stereocenters. The van der Waals surface area contributed by atoms with Crippen molar-refractivity contribution in [3.05, 3.63) is 35.9 Å². The molecule has 0 aliphatic rings. The molecule has 100 valence electrons. The minimum atomic E-state index is -0.753. The lowest BCUT2D eigenvalue weighted by Gasteiger charge is -2.21. The molecule has 0 aliphatic carbocycles. The molecule has 4 nitrogen and oxygen atoms in total. The van der Waals surface area contributed by atoms with Crippen LogP contribution < -0.4 is 0 Å². The van der Waals surface area contributed by atoms with E-state index in [9.17, 15) is 4.79 Å². The predicted octanol–water partition coefficient (Wildman–Crippen LogP) is 1.65. The Morgan fingerprint density at radius 3 is 2.56 bits per heavy atom. The molecule has 1 aromatic rings. The Hall–Kier alpha value is -1.39. The third-order valence-corrected chi connectivity index (χ3v) is 2.81. The summed E-state index contributed by atoms with van der Waals surface area (Å²) in [7, 11) is 1.66. The molecular weight excluding hydrogens is 230 g/mol. The molecule has 0 saturated carbocycles. The zero-order valence-corrected chi connectivity index (χ0v) is 10.8. The van der Waals surface area contributed by atoms with Gasteiger partial charge < -0.3 is 14.7 Å². The molecule has 0 aliphatic heterocycles. The van der Waals surface area contributed by atoms with E-state index in [1.54, 1.807) is 7.11 Å². The summed E-state index contributed by atoms with van der Waals surface area (Å²) in [6.45, 7) is 2.84. The Morgan fingerprint density at radius 1 is 1.22 bits per heavy atom. The first-order valence-electron chi connectivity index (χ1n) is 6.19. The highest BCUT2D eigenvalue weighted by atomic mass is 16.5. The first kappa shape index (κ1) is 14.7. The van der Waals surface area contributed by atoms with Gasteiger partial charge in [0.25, 0.3) is 0 Å². The van der Waals surface area contributed by atoms with E-state index < -0.39 is 5.97 Å². The van der Waals surface area contributed by atoms with Gasteiger partial charge in [0.2, 0.25) is 0 Å². The summed E-state index contributed by atoms with van der Waals surface area (Å²) in [5.41, 5.74) is 1.27. The molecule has 0 unspecified atom stereocenters. The first-order chi connectivity index (χ1) is 8.72. The first-order valence-corrected chi connectivity index (χ1v) is 6.19. The number of carboxylic acids is 1. The predicted molar refractivity (Wildman–Crippen MR) is 70.7 cm³/mol. The summed E-state index contributed by atoms with van der Waals surface area (Å²) in [6.07, 6.45) is 1.11. The van der Waals surface area contributed by atoms with E-state index in [2.05, 4.69) is 17.0 Å². The highest BCUT2D eigenvalue weighted by molar-refractivity contribution is 5.66. The Kier molecular flexibility index (Phi) is 7.06. The molecule has 1 N–H and O–H groups in total. The number of nitrogens with zero attached hydrogens (tertiary/aromatic N) is 1. The molecule has 0 radical (unpaired) electrons. The largest absolute Gasteiger partial charge is 0.481 e. The van der Waals surface area contributed by atoms with Crippen molar-refractivity contribution in [2.45, 2.75) is 12.8 Å². The summed E-state index contributed by atoms with van der Waals surface area (Å²) >= 11 is 0. The van der Waals surface area contributed by atoms with Crippen LogP contribution in [0.3, 0.4) is 0 Å². The standard InChI is InChI=1S/C14H21NO3/c1-18-12-11-15(10-8-14(16)17)9-7-13-5-3-2-4-6-13/h2-6H,7-12H2,1H3,(H,16,17). The molecule has 0 bridgehead atoms. The normalized spacial score (nSPS) is 10.8. The molecule has 1 rings (SSSR count). The quantitative estimate of drug-likeness (QED) is 0.725. The van der Waals surface area contributed by atoms with Crippen molar-refractivity contribution < 1.29 is 14.6 Å². The van der Waals surface area contributed by atoms with Gasteiger partial charge in [-0.15, -0.1) is 0 Å². The fraction of sp³-hybridized carbons (Fsp3) is 0.500. The number of hydrogen-bond donors (Lipinski definition) is 1. The van der Waals surface area contributed by atoms with Crippen LogP contribution in [-0.2, 0) is 16.0 Å². The number of carbonyl (C=O) groups is 1. The van der Waals surface area contributed by atoms with Gasteiger partial charge >= 0.3 is 5.97 Å². The topological polar surface area (TPSA) is 49.8 Å². The molecule has 0 heterocycles. The van der Waals surface area contributed by atoms with Crippen molar-refractivity contribution in [2.24, 2.45) is 0 Å². The fourth-order valence-corrected chi connectivity index (χ4v) is 1.74. The second-order valence-corrected chi connectivity index (χ2v) is 4.21. The van der Waals surface area contributed by atoms with Gasteiger partial charge in [0, 0.05) is 26.7 Å². The average Bonchev–Trinajstić information content (AvgIpc) is 2.39. The second kappa shape index (κ2) is 8.66. The maximum atomic E-state index is 10.6. The third-order valence-electron chi connectivity index (χ3n) is 2.81. The lowest BCUT2D eigenvalue weighted by Crippen LogP contribution is -2.31. The Labute approximate surface area is 108 Å². The van der Waals surface area contributed by atoms with Gasteiger partial charge in [-0.05, 0) is 12.0 Å². The van der Waals surface area contributed by atoms with Crippen molar-refractivity contribution in [1.29, 1.82) is 0 Å². The van der Waals surface area contributed by atoms with Crippen LogP contribution >= 0.6 is 0 Å². The molecule has 1 aromatic carbocycles. The summed E-state index contributed by atoms with van der Waals surface area (Å²) in [5.74, 6) is -0.753. The van der Waals surface area contributed by atoms with E-state index in [1.165, 1.54) is 5.56 Å². The van der Waals surface area contributed by atoms with Gasteiger partial charge in [0.1, 0.15) is 0 Å². The van der Waals surface area contributed by atoms with Crippen LogP contribution in [-0.4, -0.2) is 49.3 Å². The maximum absolute atomic E-state index is 10.6. The van der Waals surface area contributed by atoms with Crippen LogP contribution in [0, 0.1) is 0 Å². The van der Waals surface area contributed by atoms with Gasteiger partial charge in [-0.3, -0.25) is 4.79 Å². The SMILES string of the molecule is COCCN(CCC(=O)O)CCc1ccccc1. The zero-order valence-electron chi connectivity index (χ0n) is 10.8. The van der Waals surface area contributed by atoms with Gasteiger partial charge in [-0.1, -0.05) is 30.3 Å². The van der Waals surface area contributed by atoms with Crippen molar-refractivity contribution in [2.75, 3.05) is 33.4 Å². The number of rotatable bonds is 9. The van der Waals surface area contributed by atoms with Crippen molar-refractivity contribution in [3.63, 3.8) is 0 Å². The van der Waals surface area contributed by atoms with Gasteiger partial charge in [-0.25, -0.2) is 0 Å². The van der Waals surface area contributed by atoms with Crippen molar-refractivity contribution in [1.82, 2.24) is 4.90 Å². The van der Waals surface area contributed by atoms with E-state index in [0.29, 0.717) is 13.2 Å². The Balaban J connectivity index is 2.37. The highest BCUT2D eigenvalue weighted by Gasteiger charge is 2.07. The summed E-state index contributed by atoms with van der Waals surface area (Å²) in [6, 6.07) is 10.2. The van der Waals surface area contributed by atoms with Crippen LogP contribution in [0.15, 0.2) is 30.3 Å². The number of benzene rings is 1. The van der Waals surface area contributed by atoms with Crippen LogP contribution in [0.4, 0.5) is 0 Å². The number of ether oxygens (including phenoxy) is 1. The average molecular weight is 251 g/mol. The van der Waals surface area contributed by atoms with Crippen LogP contribution in [0.5, 0.6) is 0 Å². The minimum absolute atomic E-state index is 0.179. The van der Waals surface area contributed by atoms with E-state index >= 15 is 0 Å². The van der Waals surface area contributed by atoms with Gasteiger partial charge in [-0.2, -0.15) is 0 Å². The van der Waals surface area contributed by atoms with Crippen LogP contribution in [0.25, 0.3) is 0 Å². The molecule has 0 aromatic heterocycles. The van der Waals surface area contributed by atoms with E-state index in [1.807, 2.05) is 18.2 Å². The van der Waals surface area contributed by atoms with Crippen molar-refractivity contribution >= 4 is 5.97 Å². The van der Waals surface area contributed by atoms with Crippen LogP contribution in [0.2, 0.25) is 0 Å². The molecule has 0 amide bonds. The number of carboxylic acid groups (broad SMARTS) is 1. The van der Waals surface area contributed by atoms with E-state index in [-0.39, 0.29) is 6.42 Å². The fourth-order valence-electron chi connectivity index (χ4n) is 1.74. The van der Waals surface area contributed by atoms with E-state index in [4.69, 9.17) is 9.84 Å². The third kappa shape index (κ3) is 6.37. The van der Waals surface area contributed by atoms with E-state index in [0.717, 1.165) is 19.5 Å². The maximum Gasteiger partial charge on any atom is 0.304 e. The summed E-state index contributed by atoms with van der Waals surface area (Å²) < 4.78 is 5.04. The second-order valence-electron chi connectivity index (χ2n) is 4.21. The number of aliphatic carboxylic acids is 1. The Morgan fingerprint density at radius 2 is 1.94 bits per heavy atom. The lowest BCUT2D eigenvalue weighted by atomic mass is 10.1. The minimum Gasteiger partial charge on any atom is -0.481 e.